The fourth-order valence-corrected chi connectivity index (χ4v) is 3.42. The number of amides is 1. The van der Waals surface area contributed by atoms with Gasteiger partial charge in [-0.2, -0.15) is 0 Å². The Morgan fingerprint density at radius 1 is 1.50 bits per heavy atom. The van der Waals surface area contributed by atoms with Crippen LogP contribution < -0.4 is 5.32 Å². The van der Waals surface area contributed by atoms with Crippen molar-refractivity contribution < 1.29 is 14.7 Å². The Balaban J connectivity index is 2.10. The van der Waals surface area contributed by atoms with E-state index in [-0.39, 0.29) is 17.3 Å². The van der Waals surface area contributed by atoms with Crippen LogP contribution in [0.15, 0.2) is 0 Å². The number of carboxylic acid groups (broad SMARTS) is 1. The molecule has 2 heterocycles. The molecule has 0 aromatic heterocycles. The van der Waals surface area contributed by atoms with Gasteiger partial charge in [0.15, 0.2) is 0 Å². The lowest BCUT2D eigenvalue weighted by atomic mass is 10.1. The van der Waals surface area contributed by atoms with Gasteiger partial charge in [-0.3, -0.25) is 4.79 Å². The summed E-state index contributed by atoms with van der Waals surface area (Å²) in [7, 11) is 0. The van der Waals surface area contributed by atoms with Crippen molar-refractivity contribution in [2.45, 2.75) is 37.2 Å². The van der Waals surface area contributed by atoms with E-state index in [1.807, 2.05) is 6.92 Å². The lowest BCUT2D eigenvalue weighted by molar-refractivity contribution is -0.149. The molecule has 0 aromatic carbocycles. The second kappa shape index (κ2) is 4.63. The van der Waals surface area contributed by atoms with Crippen molar-refractivity contribution in [1.29, 1.82) is 0 Å². The predicted octanol–water partition coefficient (Wildman–Crippen LogP) is 0.113. The van der Waals surface area contributed by atoms with Crippen LogP contribution >= 0.6 is 11.8 Å². The van der Waals surface area contributed by atoms with Crippen LogP contribution in [-0.2, 0) is 9.59 Å². The smallest absolute Gasteiger partial charge is 0.327 e. The first-order valence-corrected chi connectivity index (χ1v) is 6.56. The third-order valence-corrected chi connectivity index (χ3v) is 4.34. The number of carboxylic acids is 1. The van der Waals surface area contributed by atoms with E-state index < -0.39 is 12.0 Å². The van der Waals surface area contributed by atoms with Gasteiger partial charge in [0.25, 0.3) is 0 Å². The molecule has 0 bridgehead atoms. The molecule has 2 unspecified atom stereocenters. The standard InChI is InChI=1S/C10H16N2O3S/c1-6-12(8(5-16-6)10(14)15)9(13)7-3-2-4-11-7/h6-8,11H,2-5H2,1H3,(H,14,15)/t6?,7-,8?/m1/s1. The summed E-state index contributed by atoms with van der Waals surface area (Å²) in [5.74, 6) is -0.458. The monoisotopic (exact) mass is 244 g/mol. The van der Waals surface area contributed by atoms with Gasteiger partial charge < -0.3 is 15.3 Å². The summed E-state index contributed by atoms with van der Waals surface area (Å²) in [6, 6.07) is -0.835. The van der Waals surface area contributed by atoms with E-state index in [0.29, 0.717) is 5.75 Å². The number of carbonyl (C=O) groups excluding carboxylic acids is 1. The maximum atomic E-state index is 12.2. The number of hydrogen-bond donors (Lipinski definition) is 2. The van der Waals surface area contributed by atoms with Crippen molar-refractivity contribution in [3.63, 3.8) is 0 Å². The average Bonchev–Trinajstić information content (AvgIpc) is 2.84. The van der Waals surface area contributed by atoms with Crippen molar-refractivity contribution in [2.75, 3.05) is 12.3 Å². The molecule has 2 aliphatic rings. The maximum absolute atomic E-state index is 12.2. The zero-order chi connectivity index (χ0) is 11.7. The van der Waals surface area contributed by atoms with Crippen LogP contribution in [0, 0.1) is 0 Å². The second-order valence-corrected chi connectivity index (χ2v) is 5.53. The quantitative estimate of drug-likeness (QED) is 0.721. The lowest BCUT2D eigenvalue weighted by Crippen LogP contribution is -2.51. The molecule has 5 nitrogen and oxygen atoms in total. The molecular weight excluding hydrogens is 228 g/mol. The Morgan fingerprint density at radius 3 is 2.81 bits per heavy atom. The molecule has 0 saturated carbocycles. The zero-order valence-corrected chi connectivity index (χ0v) is 10.00. The Bertz CT molecular complexity index is 304. The Morgan fingerprint density at radius 2 is 2.25 bits per heavy atom. The number of nitrogens with one attached hydrogen (secondary N) is 1. The van der Waals surface area contributed by atoms with E-state index in [9.17, 15) is 9.59 Å². The van der Waals surface area contributed by atoms with Crippen LogP contribution in [0.1, 0.15) is 19.8 Å². The van der Waals surface area contributed by atoms with Gasteiger partial charge in [0.2, 0.25) is 5.91 Å². The Kier molecular flexibility index (Phi) is 3.39. The van der Waals surface area contributed by atoms with Crippen molar-refractivity contribution in [3.8, 4) is 0 Å². The maximum Gasteiger partial charge on any atom is 0.327 e. The molecule has 16 heavy (non-hydrogen) atoms. The van der Waals surface area contributed by atoms with Crippen molar-refractivity contribution >= 4 is 23.6 Å². The fraction of sp³-hybridized carbons (Fsp3) is 0.800. The van der Waals surface area contributed by atoms with Gasteiger partial charge in [-0.1, -0.05) is 0 Å². The summed E-state index contributed by atoms with van der Waals surface area (Å²) in [5, 5.41) is 12.2. The van der Waals surface area contributed by atoms with E-state index in [2.05, 4.69) is 5.32 Å². The summed E-state index contributed by atoms with van der Waals surface area (Å²) in [6.45, 7) is 2.74. The second-order valence-electron chi connectivity index (χ2n) is 4.18. The highest BCUT2D eigenvalue weighted by molar-refractivity contribution is 8.00. The van der Waals surface area contributed by atoms with Gasteiger partial charge in [-0.05, 0) is 26.3 Å². The first kappa shape index (κ1) is 11.7. The van der Waals surface area contributed by atoms with Gasteiger partial charge in [0.05, 0.1) is 11.4 Å². The highest BCUT2D eigenvalue weighted by atomic mass is 32.2. The average molecular weight is 244 g/mol. The molecule has 0 aliphatic carbocycles. The summed E-state index contributed by atoms with van der Waals surface area (Å²) < 4.78 is 0. The molecule has 90 valence electrons. The van der Waals surface area contributed by atoms with Crippen LogP contribution in [-0.4, -0.2) is 51.6 Å². The van der Waals surface area contributed by atoms with E-state index in [4.69, 9.17) is 5.11 Å². The van der Waals surface area contributed by atoms with Gasteiger partial charge in [-0.25, -0.2) is 4.79 Å². The van der Waals surface area contributed by atoms with E-state index in [1.54, 1.807) is 0 Å². The zero-order valence-electron chi connectivity index (χ0n) is 9.18. The van der Waals surface area contributed by atoms with Crippen LogP contribution in [0.3, 0.4) is 0 Å². The van der Waals surface area contributed by atoms with Gasteiger partial charge in [0.1, 0.15) is 6.04 Å². The normalized spacial score (nSPS) is 34.3. The van der Waals surface area contributed by atoms with Crippen LogP contribution in [0.2, 0.25) is 0 Å². The van der Waals surface area contributed by atoms with Gasteiger partial charge in [0, 0.05) is 5.75 Å². The third-order valence-electron chi connectivity index (χ3n) is 3.12. The number of carbonyl (C=O) groups is 2. The Hall–Kier alpha value is -0.750. The number of hydrogen-bond acceptors (Lipinski definition) is 4. The number of rotatable bonds is 2. The summed E-state index contributed by atoms with van der Waals surface area (Å²) in [5.41, 5.74) is 0. The summed E-state index contributed by atoms with van der Waals surface area (Å²) in [4.78, 5) is 24.7. The molecule has 0 radical (unpaired) electrons. The van der Waals surface area contributed by atoms with Gasteiger partial charge >= 0.3 is 5.97 Å². The summed E-state index contributed by atoms with van der Waals surface area (Å²) in [6.07, 6.45) is 1.81. The topological polar surface area (TPSA) is 69.6 Å². The highest BCUT2D eigenvalue weighted by Gasteiger charge is 2.42. The lowest BCUT2D eigenvalue weighted by Gasteiger charge is -2.27. The minimum Gasteiger partial charge on any atom is -0.480 e. The summed E-state index contributed by atoms with van der Waals surface area (Å²) >= 11 is 1.53. The molecule has 0 aromatic rings. The third kappa shape index (κ3) is 2.04. The molecule has 0 spiro atoms. The van der Waals surface area contributed by atoms with Crippen molar-refractivity contribution in [2.24, 2.45) is 0 Å². The van der Waals surface area contributed by atoms with Crippen LogP contribution in [0.25, 0.3) is 0 Å². The Labute approximate surface area is 98.6 Å². The predicted molar refractivity (Wildman–Crippen MR) is 61.2 cm³/mol. The van der Waals surface area contributed by atoms with E-state index in [1.165, 1.54) is 16.7 Å². The van der Waals surface area contributed by atoms with Gasteiger partial charge in [-0.15, -0.1) is 11.8 Å². The molecular formula is C10H16N2O3S. The highest BCUT2D eigenvalue weighted by Crippen LogP contribution is 2.30. The van der Waals surface area contributed by atoms with E-state index >= 15 is 0 Å². The molecule has 2 rings (SSSR count). The molecule has 2 fully saturated rings. The fourth-order valence-electron chi connectivity index (χ4n) is 2.24. The first-order chi connectivity index (χ1) is 7.61. The molecule has 2 N–H and O–H groups in total. The minimum atomic E-state index is -0.900. The first-order valence-electron chi connectivity index (χ1n) is 5.51. The van der Waals surface area contributed by atoms with Crippen molar-refractivity contribution in [1.82, 2.24) is 10.2 Å². The molecule has 2 saturated heterocycles. The van der Waals surface area contributed by atoms with Crippen molar-refractivity contribution in [3.05, 3.63) is 0 Å². The van der Waals surface area contributed by atoms with Crippen LogP contribution in [0.5, 0.6) is 0 Å². The minimum absolute atomic E-state index is 0.0315. The number of aliphatic carboxylic acids is 1. The van der Waals surface area contributed by atoms with Crippen LogP contribution in [0.4, 0.5) is 0 Å². The number of thioether (sulfide) groups is 1. The molecule has 6 heteroatoms. The SMILES string of the molecule is CC1SCC(C(=O)O)N1C(=O)[C@H]1CCCN1. The molecule has 1 amide bonds. The molecule has 3 atom stereocenters. The number of nitrogens with zero attached hydrogens (tertiary/aromatic N) is 1. The van der Waals surface area contributed by atoms with E-state index in [0.717, 1.165) is 19.4 Å². The largest absolute Gasteiger partial charge is 0.480 e. The molecule has 2 aliphatic heterocycles.